The van der Waals surface area contributed by atoms with Gasteiger partial charge in [-0.05, 0) is 24.1 Å². The van der Waals surface area contributed by atoms with E-state index in [1.165, 1.54) is 19.9 Å². The topological polar surface area (TPSA) is 40.1 Å². The lowest BCUT2D eigenvalue weighted by Crippen LogP contribution is -2.28. The highest BCUT2D eigenvalue weighted by atomic mass is 19.1. The van der Waals surface area contributed by atoms with Crippen LogP contribution in [0.2, 0.25) is 0 Å². The van der Waals surface area contributed by atoms with E-state index in [2.05, 4.69) is 0 Å². The molecule has 0 bridgehead atoms. The summed E-state index contributed by atoms with van der Waals surface area (Å²) in [6.45, 7) is 2.74. The molecule has 0 aliphatic heterocycles. The number of carboxylic acid groups (broad SMARTS) is 1. The Morgan fingerprint density at radius 2 is 1.93 bits per heavy atom. The zero-order valence-corrected chi connectivity index (χ0v) is 7.80. The summed E-state index contributed by atoms with van der Waals surface area (Å²) in [6, 6.07) is 1.87. The molecule has 14 heavy (non-hydrogen) atoms. The molecule has 0 N–H and O–H groups in total. The third-order valence-electron chi connectivity index (χ3n) is 2.10. The number of carboxylic acids is 1. The highest BCUT2D eigenvalue weighted by molar-refractivity contribution is 5.73. The summed E-state index contributed by atoms with van der Waals surface area (Å²) in [5.74, 6) is -3.99. The molecular formula is C10H9F2O2-. The van der Waals surface area contributed by atoms with E-state index in [4.69, 9.17) is 0 Å². The van der Waals surface area contributed by atoms with Gasteiger partial charge >= 0.3 is 0 Å². The summed E-state index contributed by atoms with van der Waals surface area (Å²) >= 11 is 0. The minimum Gasteiger partial charge on any atom is -0.550 e. The molecule has 0 aliphatic rings. The predicted octanol–water partition coefficient (Wildman–Crippen LogP) is 1.13. The third-order valence-corrected chi connectivity index (χ3v) is 2.10. The van der Waals surface area contributed by atoms with Crippen LogP contribution in [-0.4, -0.2) is 5.97 Å². The molecule has 0 heterocycles. The lowest BCUT2D eigenvalue weighted by Gasteiger charge is -2.14. The van der Waals surface area contributed by atoms with E-state index in [-0.39, 0.29) is 11.1 Å². The van der Waals surface area contributed by atoms with Gasteiger partial charge in [0.05, 0.1) is 0 Å². The summed E-state index contributed by atoms with van der Waals surface area (Å²) in [7, 11) is 0. The van der Waals surface area contributed by atoms with Gasteiger partial charge in [-0.1, -0.05) is 6.92 Å². The third kappa shape index (κ3) is 1.89. The van der Waals surface area contributed by atoms with Gasteiger partial charge in [0.15, 0.2) is 0 Å². The first-order chi connectivity index (χ1) is 6.43. The van der Waals surface area contributed by atoms with Crippen molar-refractivity contribution in [1.29, 1.82) is 0 Å². The molecule has 0 amide bonds. The second kappa shape index (κ2) is 3.74. The fourth-order valence-electron chi connectivity index (χ4n) is 1.14. The quantitative estimate of drug-likeness (QED) is 0.716. The lowest BCUT2D eigenvalue weighted by molar-refractivity contribution is -0.307. The van der Waals surface area contributed by atoms with Crippen molar-refractivity contribution in [2.45, 2.75) is 19.8 Å². The number of hydrogen-bond donors (Lipinski definition) is 0. The zero-order chi connectivity index (χ0) is 10.9. The highest BCUT2D eigenvalue weighted by Gasteiger charge is 2.14. The first kappa shape index (κ1) is 10.6. The van der Waals surface area contributed by atoms with Gasteiger partial charge in [-0.15, -0.1) is 0 Å². The number of halogens is 2. The number of aliphatic carboxylic acids is 1. The van der Waals surface area contributed by atoms with Crippen LogP contribution in [0.5, 0.6) is 0 Å². The summed E-state index contributed by atoms with van der Waals surface area (Å²) in [6.07, 6.45) is 0. The average molecular weight is 199 g/mol. The van der Waals surface area contributed by atoms with Crippen molar-refractivity contribution in [3.05, 3.63) is 34.9 Å². The van der Waals surface area contributed by atoms with Crippen molar-refractivity contribution in [2.75, 3.05) is 0 Å². The molecule has 4 heteroatoms. The Balaban J connectivity index is 3.22. The van der Waals surface area contributed by atoms with Crippen molar-refractivity contribution >= 4 is 5.97 Å². The van der Waals surface area contributed by atoms with Gasteiger partial charge < -0.3 is 9.90 Å². The van der Waals surface area contributed by atoms with Gasteiger partial charge in [-0.3, -0.25) is 0 Å². The molecule has 76 valence electrons. The van der Waals surface area contributed by atoms with Crippen LogP contribution in [0.1, 0.15) is 24.0 Å². The first-order valence-corrected chi connectivity index (χ1v) is 4.10. The Morgan fingerprint density at radius 3 is 2.43 bits per heavy atom. The van der Waals surface area contributed by atoms with E-state index in [0.29, 0.717) is 6.07 Å². The maximum Gasteiger partial charge on any atom is 0.129 e. The Kier molecular flexibility index (Phi) is 2.84. The second-order valence-corrected chi connectivity index (χ2v) is 3.16. The average Bonchev–Trinajstić information content (AvgIpc) is 2.10. The minimum atomic E-state index is -1.38. The van der Waals surface area contributed by atoms with Crippen LogP contribution in [0.4, 0.5) is 8.78 Å². The van der Waals surface area contributed by atoms with Crippen LogP contribution in [0.3, 0.4) is 0 Å². The molecule has 1 rings (SSSR count). The molecule has 1 aromatic carbocycles. The molecule has 2 nitrogen and oxygen atoms in total. The molecule has 0 aromatic heterocycles. The van der Waals surface area contributed by atoms with Gasteiger partial charge in [-0.2, -0.15) is 0 Å². The molecule has 0 saturated carbocycles. The Bertz CT molecular complexity index is 375. The Hall–Kier alpha value is -1.45. The lowest BCUT2D eigenvalue weighted by atomic mass is 9.99. The Morgan fingerprint density at radius 1 is 1.36 bits per heavy atom. The molecule has 1 atom stereocenters. The van der Waals surface area contributed by atoms with E-state index in [0.717, 1.165) is 0 Å². The molecule has 1 aromatic rings. The van der Waals surface area contributed by atoms with Crippen LogP contribution in [0.25, 0.3) is 0 Å². The molecule has 0 aliphatic carbocycles. The van der Waals surface area contributed by atoms with Crippen LogP contribution in [0, 0.1) is 18.6 Å². The van der Waals surface area contributed by atoms with Crippen molar-refractivity contribution in [3.8, 4) is 0 Å². The molecule has 0 saturated heterocycles. The fraction of sp³-hybridized carbons (Fsp3) is 0.300. The fourth-order valence-corrected chi connectivity index (χ4v) is 1.14. The van der Waals surface area contributed by atoms with Crippen molar-refractivity contribution in [2.24, 2.45) is 0 Å². The van der Waals surface area contributed by atoms with Gasteiger partial charge in [0.2, 0.25) is 0 Å². The van der Waals surface area contributed by atoms with Crippen LogP contribution in [0.15, 0.2) is 12.1 Å². The number of benzene rings is 1. The molecular weight excluding hydrogens is 190 g/mol. The van der Waals surface area contributed by atoms with Crippen molar-refractivity contribution < 1.29 is 18.7 Å². The number of rotatable bonds is 2. The SMILES string of the molecule is Cc1cc(C(C)C(=O)[O-])c(F)cc1F. The summed E-state index contributed by atoms with van der Waals surface area (Å²) in [4.78, 5) is 10.5. The number of carbonyl (C=O) groups excluding carboxylic acids is 1. The van der Waals surface area contributed by atoms with Gasteiger partial charge in [0.25, 0.3) is 0 Å². The maximum atomic E-state index is 13.1. The van der Waals surface area contributed by atoms with E-state index in [9.17, 15) is 18.7 Å². The molecule has 0 fully saturated rings. The zero-order valence-electron chi connectivity index (χ0n) is 7.80. The standard InChI is InChI=1S/C10H10F2O2/c1-5-3-7(6(2)10(13)14)9(12)4-8(5)11/h3-4,6H,1-2H3,(H,13,14)/p-1. The van der Waals surface area contributed by atoms with Gasteiger partial charge in [0.1, 0.15) is 11.6 Å². The van der Waals surface area contributed by atoms with Crippen molar-refractivity contribution in [3.63, 3.8) is 0 Å². The first-order valence-electron chi connectivity index (χ1n) is 4.10. The summed E-state index contributed by atoms with van der Waals surface area (Å²) in [5, 5.41) is 10.5. The number of aryl methyl sites for hydroxylation is 1. The van der Waals surface area contributed by atoms with Gasteiger partial charge in [-0.25, -0.2) is 8.78 Å². The molecule has 0 spiro atoms. The summed E-state index contributed by atoms with van der Waals surface area (Å²) < 4.78 is 25.9. The van der Waals surface area contributed by atoms with Crippen molar-refractivity contribution in [1.82, 2.24) is 0 Å². The second-order valence-electron chi connectivity index (χ2n) is 3.16. The predicted molar refractivity (Wildman–Crippen MR) is 44.5 cm³/mol. The van der Waals surface area contributed by atoms with E-state index in [1.807, 2.05) is 0 Å². The normalized spacial score (nSPS) is 12.6. The van der Waals surface area contributed by atoms with E-state index < -0.39 is 23.5 Å². The smallest absolute Gasteiger partial charge is 0.129 e. The largest absolute Gasteiger partial charge is 0.550 e. The Labute approximate surface area is 80.2 Å². The number of hydrogen-bond acceptors (Lipinski definition) is 2. The summed E-state index contributed by atoms with van der Waals surface area (Å²) in [5.41, 5.74) is 0.165. The highest BCUT2D eigenvalue weighted by Crippen LogP contribution is 2.21. The molecule has 1 unspecified atom stereocenters. The molecule has 0 radical (unpaired) electrons. The maximum absolute atomic E-state index is 13.1. The minimum absolute atomic E-state index is 0.0519. The van der Waals surface area contributed by atoms with Crippen LogP contribution >= 0.6 is 0 Å². The van der Waals surface area contributed by atoms with Crippen LogP contribution < -0.4 is 5.11 Å². The van der Waals surface area contributed by atoms with E-state index in [1.54, 1.807) is 0 Å². The van der Waals surface area contributed by atoms with E-state index >= 15 is 0 Å². The number of carbonyl (C=O) groups is 1. The van der Waals surface area contributed by atoms with Crippen LogP contribution in [-0.2, 0) is 4.79 Å². The van der Waals surface area contributed by atoms with Gasteiger partial charge in [0, 0.05) is 18.0 Å². The monoisotopic (exact) mass is 199 g/mol.